The van der Waals surface area contributed by atoms with Gasteiger partial charge < -0.3 is 10.2 Å². The Bertz CT molecular complexity index is 1490. The summed E-state index contributed by atoms with van der Waals surface area (Å²) >= 11 is 19.1. The normalized spacial score (nSPS) is 12.5. The molecule has 0 bridgehead atoms. The highest BCUT2D eigenvalue weighted by Crippen LogP contribution is 2.35. The van der Waals surface area contributed by atoms with Crippen molar-refractivity contribution >= 4 is 62.3 Å². The Morgan fingerprint density at radius 1 is 0.900 bits per heavy atom. The molecule has 0 aliphatic carbocycles. The molecule has 0 aliphatic rings. The summed E-state index contributed by atoms with van der Waals surface area (Å²) in [7, 11) is -4.28. The number of nitrogens with zero attached hydrogens (tertiary/aromatic N) is 2. The number of hydrogen-bond acceptors (Lipinski definition) is 4. The van der Waals surface area contributed by atoms with Gasteiger partial charge in [0.2, 0.25) is 11.8 Å². The zero-order chi connectivity index (χ0) is 29.8. The van der Waals surface area contributed by atoms with Gasteiger partial charge in [-0.05, 0) is 70.5 Å². The molecule has 0 saturated carbocycles. The van der Waals surface area contributed by atoms with Crippen LogP contribution in [0.15, 0.2) is 71.6 Å². The average molecular weight is 625 g/mol. The average Bonchev–Trinajstić information content (AvgIpc) is 2.87. The van der Waals surface area contributed by atoms with Crippen molar-refractivity contribution in [3.8, 4) is 0 Å². The zero-order valence-electron chi connectivity index (χ0n) is 22.9. The number of aryl methyl sites for hydroxylation is 1. The molecule has 0 radical (unpaired) electrons. The number of benzene rings is 3. The molecule has 0 aromatic heterocycles. The van der Waals surface area contributed by atoms with E-state index in [1.807, 2.05) is 27.7 Å². The summed E-state index contributed by atoms with van der Waals surface area (Å²) in [6, 6.07) is 16.8. The Morgan fingerprint density at radius 2 is 1.50 bits per heavy atom. The third kappa shape index (κ3) is 7.69. The van der Waals surface area contributed by atoms with E-state index in [0.29, 0.717) is 10.6 Å². The third-order valence-corrected chi connectivity index (χ3v) is 9.00. The lowest BCUT2D eigenvalue weighted by Gasteiger charge is -2.34. The van der Waals surface area contributed by atoms with Crippen molar-refractivity contribution in [2.45, 2.75) is 57.6 Å². The lowest BCUT2D eigenvalue weighted by atomic mass is 10.1. The second-order valence-corrected chi connectivity index (χ2v) is 13.5. The Hall–Kier alpha value is -2.78. The number of hydrogen-bond donors (Lipinski definition) is 1. The predicted octanol–water partition coefficient (Wildman–Crippen LogP) is 6.48. The second-order valence-electron chi connectivity index (χ2n) is 10.4. The van der Waals surface area contributed by atoms with Crippen LogP contribution in [-0.2, 0) is 26.2 Å². The summed E-state index contributed by atoms with van der Waals surface area (Å²) in [6.07, 6.45) is 0. The maximum absolute atomic E-state index is 14.0. The van der Waals surface area contributed by atoms with Crippen molar-refractivity contribution in [1.82, 2.24) is 10.2 Å². The maximum Gasteiger partial charge on any atom is 0.264 e. The Kier molecular flexibility index (Phi) is 10.2. The first-order valence-electron chi connectivity index (χ1n) is 12.5. The van der Waals surface area contributed by atoms with E-state index in [2.05, 4.69) is 5.32 Å². The molecule has 3 rings (SSSR count). The lowest BCUT2D eigenvalue weighted by Crippen LogP contribution is -2.54. The van der Waals surface area contributed by atoms with Gasteiger partial charge in [0.15, 0.2) is 0 Å². The van der Waals surface area contributed by atoms with Gasteiger partial charge >= 0.3 is 0 Å². The van der Waals surface area contributed by atoms with Gasteiger partial charge in [-0.15, -0.1) is 0 Å². The highest BCUT2D eigenvalue weighted by Gasteiger charge is 2.34. The Morgan fingerprint density at radius 3 is 2.10 bits per heavy atom. The van der Waals surface area contributed by atoms with E-state index in [9.17, 15) is 18.0 Å². The SMILES string of the molecule is Cc1ccc(S(=O)(=O)N(CC(=O)N(Cc2ccccc2Cl)C(C)C(=O)NC(C)(C)C)c2cccc(Cl)c2Cl)cc1. The standard InChI is InChI=1S/C29H32Cl3N3O4S/c1-19-13-15-22(16-14-19)40(38,39)35(25-12-8-11-24(31)27(25)32)18-26(36)34(17-21-9-6-7-10-23(21)30)20(2)28(37)33-29(3,4)5/h6-16,20H,17-18H2,1-5H3,(H,33,37). The minimum absolute atomic E-state index is 0.0242. The molecule has 0 saturated heterocycles. The Balaban J connectivity index is 2.09. The summed E-state index contributed by atoms with van der Waals surface area (Å²) in [5.74, 6) is -1.04. The number of nitrogens with one attached hydrogen (secondary N) is 1. The van der Waals surface area contributed by atoms with E-state index < -0.39 is 40.0 Å². The molecule has 11 heteroatoms. The van der Waals surface area contributed by atoms with Crippen LogP contribution in [0.25, 0.3) is 0 Å². The van der Waals surface area contributed by atoms with Crippen molar-refractivity contribution in [3.05, 3.63) is 92.9 Å². The van der Waals surface area contributed by atoms with Crippen LogP contribution in [0.2, 0.25) is 15.1 Å². The maximum atomic E-state index is 14.0. The smallest absolute Gasteiger partial charge is 0.264 e. The highest BCUT2D eigenvalue weighted by molar-refractivity contribution is 7.92. The first kappa shape index (κ1) is 31.7. The lowest BCUT2D eigenvalue weighted by molar-refractivity contribution is -0.140. The van der Waals surface area contributed by atoms with Crippen LogP contribution in [0.1, 0.15) is 38.8 Å². The molecule has 1 N–H and O–H groups in total. The summed E-state index contributed by atoms with van der Waals surface area (Å²) in [5.41, 5.74) is 0.945. The van der Waals surface area contributed by atoms with E-state index in [0.717, 1.165) is 9.87 Å². The van der Waals surface area contributed by atoms with Gasteiger partial charge in [-0.25, -0.2) is 8.42 Å². The molecular weight excluding hydrogens is 593 g/mol. The molecular formula is C29H32Cl3N3O4S. The van der Waals surface area contributed by atoms with Crippen molar-refractivity contribution in [3.63, 3.8) is 0 Å². The predicted molar refractivity (Wildman–Crippen MR) is 162 cm³/mol. The van der Waals surface area contributed by atoms with Crippen molar-refractivity contribution < 1.29 is 18.0 Å². The topological polar surface area (TPSA) is 86.8 Å². The van der Waals surface area contributed by atoms with Crippen LogP contribution in [0.5, 0.6) is 0 Å². The number of halogens is 3. The second kappa shape index (κ2) is 12.8. The van der Waals surface area contributed by atoms with E-state index in [4.69, 9.17) is 34.8 Å². The molecule has 1 unspecified atom stereocenters. The van der Waals surface area contributed by atoms with E-state index >= 15 is 0 Å². The monoisotopic (exact) mass is 623 g/mol. The largest absolute Gasteiger partial charge is 0.350 e. The molecule has 0 heterocycles. The molecule has 0 fully saturated rings. The van der Waals surface area contributed by atoms with Gasteiger partial charge in [-0.3, -0.25) is 13.9 Å². The number of rotatable bonds is 9. The third-order valence-electron chi connectivity index (χ3n) is 6.05. The molecule has 3 aromatic carbocycles. The molecule has 40 heavy (non-hydrogen) atoms. The van der Waals surface area contributed by atoms with Gasteiger partial charge in [-0.2, -0.15) is 0 Å². The zero-order valence-corrected chi connectivity index (χ0v) is 26.0. The fourth-order valence-corrected chi connectivity index (χ4v) is 5.97. The van der Waals surface area contributed by atoms with Crippen LogP contribution in [-0.4, -0.2) is 43.3 Å². The van der Waals surface area contributed by atoms with Crippen molar-refractivity contribution in [2.75, 3.05) is 10.8 Å². The number of sulfonamides is 1. The molecule has 3 aromatic rings. The summed E-state index contributed by atoms with van der Waals surface area (Å²) in [4.78, 5) is 28.5. The number of amides is 2. The summed E-state index contributed by atoms with van der Waals surface area (Å²) in [6.45, 7) is 8.23. The van der Waals surface area contributed by atoms with Gasteiger partial charge in [0.05, 0.1) is 20.6 Å². The van der Waals surface area contributed by atoms with Crippen LogP contribution in [0, 0.1) is 6.92 Å². The highest BCUT2D eigenvalue weighted by atomic mass is 35.5. The molecule has 214 valence electrons. The summed E-state index contributed by atoms with van der Waals surface area (Å²) in [5, 5.41) is 3.39. The van der Waals surface area contributed by atoms with E-state index in [1.54, 1.807) is 49.4 Å². The van der Waals surface area contributed by atoms with Crippen LogP contribution < -0.4 is 9.62 Å². The van der Waals surface area contributed by atoms with Crippen molar-refractivity contribution in [1.29, 1.82) is 0 Å². The number of carbonyl (C=O) groups is 2. The van der Waals surface area contributed by atoms with Gasteiger partial charge in [0.1, 0.15) is 12.6 Å². The molecule has 2 amide bonds. The molecule has 0 spiro atoms. The van der Waals surface area contributed by atoms with Gasteiger partial charge in [-0.1, -0.05) is 76.8 Å². The van der Waals surface area contributed by atoms with E-state index in [-0.39, 0.29) is 27.2 Å². The molecule has 1 atom stereocenters. The van der Waals surface area contributed by atoms with Crippen LogP contribution >= 0.6 is 34.8 Å². The van der Waals surface area contributed by atoms with Crippen LogP contribution in [0.3, 0.4) is 0 Å². The molecule has 7 nitrogen and oxygen atoms in total. The van der Waals surface area contributed by atoms with Gasteiger partial charge in [0.25, 0.3) is 10.0 Å². The van der Waals surface area contributed by atoms with Crippen molar-refractivity contribution in [2.24, 2.45) is 0 Å². The first-order chi connectivity index (χ1) is 18.6. The quantitative estimate of drug-likeness (QED) is 0.295. The first-order valence-corrected chi connectivity index (χ1v) is 15.1. The van der Waals surface area contributed by atoms with E-state index in [1.165, 1.54) is 29.2 Å². The number of carbonyl (C=O) groups excluding carboxylic acids is 2. The minimum atomic E-state index is -4.28. The Labute approximate surface area is 251 Å². The molecule has 0 aliphatic heterocycles. The number of anilines is 1. The minimum Gasteiger partial charge on any atom is -0.350 e. The fourth-order valence-electron chi connectivity index (χ4n) is 3.90. The van der Waals surface area contributed by atoms with Gasteiger partial charge in [0, 0.05) is 17.1 Å². The van der Waals surface area contributed by atoms with Crippen LogP contribution in [0.4, 0.5) is 5.69 Å². The summed E-state index contributed by atoms with van der Waals surface area (Å²) < 4.78 is 28.8. The fraction of sp³-hybridized carbons (Fsp3) is 0.310.